The van der Waals surface area contributed by atoms with E-state index >= 15 is 0 Å². The highest BCUT2D eigenvalue weighted by Gasteiger charge is 2.45. The molecule has 134 valence electrons. The molecule has 2 aliphatic heterocycles. The van der Waals surface area contributed by atoms with Gasteiger partial charge in [-0.15, -0.1) is 0 Å². The van der Waals surface area contributed by atoms with Gasteiger partial charge in [-0.3, -0.25) is 9.69 Å². The quantitative estimate of drug-likeness (QED) is 0.758. The van der Waals surface area contributed by atoms with Crippen LogP contribution in [-0.4, -0.2) is 35.0 Å². The number of para-hydroxylation sites is 1. The maximum atomic E-state index is 11.9. The number of fused-ring (bicyclic) bond motifs is 7. The first-order valence-electron chi connectivity index (χ1n) is 9.49. The molecule has 0 amide bonds. The summed E-state index contributed by atoms with van der Waals surface area (Å²) in [5, 5.41) is 2.60. The molecule has 3 atom stereocenters. The van der Waals surface area contributed by atoms with Gasteiger partial charge >= 0.3 is 0 Å². The Labute approximate surface area is 153 Å². The summed E-state index contributed by atoms with van der Waals surface area (Å²) >= 11 is 0. The maximum absolute atomic E-state index is 11.9. The third-order valence-electron chi connectivity index (χ3n) is 6.20. The Morgan fingerprint density at radius 2 is 2.12 bits per heavy atom. The molecule has 0 radical (unpaired) electrons. The number of aromatic amines is 1. The molecule has 3 aromatic rings. The van der Waals surface area contributed by atoms with E-state index in [9.17, 15) is 4.79 Å². The molecule has 2 aliphatic rings. The molecular weight excluding hydrogens is 324 g/mol. The highest BCUT2D eigenvalue weighted by Crippen LogP contribution is 2.46. The Kier molecular flexibility index (Phi) is 3.49. The third-order valence-corrected chi connectivity index (χ3v) is 6.20. The van der Waals surface area contributed by atoms with Gasteiger partial charge in [-0.1, -0.05) is 25.1 Å². The Morgan fingerprint density at radius 3 is 2.88 bits per heavy atom. The number of hydrogen-bond donors (Lipinski definition) is 1. The van der Waals surface area contributed by atoms with Gasteiger partial charge in [0.05, 0.1) is 5.52 Å². The van der Waals surface area contributed by atoms with E-state index in [1.165, 1.54) is 38.5 Å². The molecule has 0 spiro atoms. The summed E-state index contributed by atoms with van der Waals surface area (Å²) in [6.45, 7) is 4.71. The van der Waals surface area contributed by atoms with E-state index in [-0.39, 0.29) is 24.0 Å². The number of ketones is 1. The lowest BCUT2D eigenvalue weighted by atomic mass is 9.81. The lowest BCUT2D eigenvalue weighted by Gasteiger charge is -2.37. The lowest BCUT2D eigenvalue weighted by molar-refractivity contribution is -0.132. The van der Waals surface area contributed by atoms with Crippen molar-refractivity contribution in [1.29, 1.82) is 0 Å². The molecule has 1 aromatic heterocycles. The average molecular weight is 348 g/mol. The van der Waals surface area contributed by atoms with E-state index in [1.807, 2.05) is 0 Å². The normalized spacial score (nSPS) is 25.6. The first kappa shape index (κ1) is 16.0. The molecule has 3 unspecified atom stereocenters. The van der Waals surface area contributed by atoms with Crippen LogP contribution in [0, 0.1) is 0 Å². The fourth-order valence-electron chi connectivity index (χ4n) is 4.99. The van der Waals surface area contributed by atoms with Crippen LogP contribution in [0.3, 0.4) is 0 Å². The molecule has 3 heterocycles. The molecule has 2 aromatic carbocycles. The first-order valence-corrected chi connectivity index (χ1v) is 9.49. The van der Waals surface area contributed by atoms with E-state index in [4.69, 9.17) is 4.74 Å². The summed E-state index contributed by atoms with van der Waals surface area (Å²) in [6, 6.07) is 10.9. The number of nitrogens with zero attached hydrogens (tertiary/aromatic N) is 1. The molecule has 4 heteroatoms. The van der Waals surface area contributed by atoms with Crippen molar-refractivity contribution in [3.8, 4) is 0 Å². The van der Waals surface area contributed by atoms with Gasteiger partial charge in [0.25, 0.3) is 0 Å². The predicted molar refractivity (Wildman–Crippen MR) is 103 cm³/mol. The number of likely N-dealkylation sites (N-methyl/N-ethyl adjacent to an activating group) is 1. The fraction of sp³-hybridized carbons (Fsp3) is 0.409. The van der Waals surface area contributed by atoms with E-state index in [1.54, 1.807) is 6.92 Å². The van der Waals surface area contributed by atoms with Crippen LogP contribution in [0.1, 0.15) is 42.9 Å². The van der Waals surface area contributed by atoms with E-state index in [0.717, 1.165) is 19.4 Å². The predicted octanol–water partition coefficient (Wildman–Crippen LogP) is 4.12. The number of carbonyl (C=O) groups excluding carboxylic acids is 1. The topological polar surface area (TPSA) is 45.3 Å². The first-order chi connectivity index (χ1) is 12.6. The molecular formula is C22H24N2O2. The van der Waals surface area contributed by atoms with Crippen molar-refractivity contribution >= 4 is 27.6 Å². The van der Waals surface area contributed by atoms with Crippen LogP contribution in [0.25, 0.3) is 21.8 Å². The van der Waals surface area contributed by atoms with Gasteiger partial charge in [-0.2, -0.15) is 0 Å². The van der Waals surface area contributed by atoms with Crippen LogP contribution < -0.4 is 0 Å². The van der Waals surface area contributed by atoms with Crippen LogP contribution in [0.4, 0.5) is 0 Å². The number of nitrogens with one attached hydrogen (secondary N) is 1. The number of rotatable bonds is 2. The number of H-pyrrole nitrogens is 1. The Balaban J connectivity index is 1.78. The summed E-state index contributed by atoms with van der Waals surface area (Å²) in [7, 11) is 2.11. The number of benzene rings is 2. The number of ether oxygens (including phenoxy) is 1. The standard InChI is InChI=1S/C22H24N2O2/c1-4-13-9-15-14-7-5-6-8-18(14)23-21(15)17-11-24(3)22-16(20(13)17)10-19(26-22)12(2)25/h5-9,16,19,22-23H,4,10-11H2,1-3H3. The molecule has 0 aliphatic carbocycles. The van der Waals surface area contributed by atoms with Gasteiger partial charge in [-0.25, -0.2) is 0 Å². The molecule has 4 nitrogen and oxygen atoms in total. The fourth-order valence-corrected chi connectivity index (χ4v) is 4.99. The average Bonchev–Trinajstić information content (AvgIpc) is 3.23. The van der Waals surface area contributed by atoms with E-state index in [0.29, 0.717) is 0 Å². The van der Waals surface area contributed by atoms with Gasteiger partial charge in [0.15, 0.2) is 5.78 Å². The summed E-state index contributed by atoms with van der Waals surface area (Å²) in [4.78, 5) is 17.9. The zero-order valence-corrected chi connectivity index (χ0v) is 15.5. The molecule has 1 N–H and O–H groups in total. The number of aromatic nitrogens is 1. The highest BCUT2D eigenvalue weighted by molar-refractivity contribution is 6.09. The molecule has 0 saturated carbocycles. The summed E-state index contributed by atoms with van der Waals surface area (Å²) in [5.41, 5.74) is 6.63. The lowest BCUT2D eigenvalue weighted by Crippen LogP contribution is -2.40. The Morgan fingerprint density at radius 1 is 1.31 bits per heavy atom. The molecule has 26 heavy (non-hydrogen) atoms. The Hall–Kier alpha value is -2.17. The second-order valence-electron chi connectivity index (χ2n) is 7.76. The van der Waals surface area contributed by atoms with Crippen molar-refractivity contribution in [1.82, 2.24) is 9.88 Å². The number of aryl methyl sites for hydroxylation is 1. The molecule has 0 bridgehead atoms. The number of carbonyl (C=O) groups is 1. The van der Waals surface area contributed by atoms with Crippen LogP contribution in [0.2, 0.25) is 0 Å². The van der Waals surface area contributed by atoms with Crippen molar-refractivity contribution < 1.29 is 9.53 Å². The van der Waals surface area contributed by atoms with E-state index < -0.39 is 0 Å². The molecule has 1 saturated heterocycles. The largest absolute Gasteiger partial charge is 0.354 e. The SMILES string of the molecule is CCc1cc2c([nH]c3ccccc32)c2c1C1CC(C(C)=O)OC1N(C)C2. The zero-order chi connectivity index (χ0) is 18.0. The maximum Gasteiger partial charge on any atom is 0.158 e. The van der Waals surface area contributed by atoms with Crippen LogP contribution in [0.5, 0.6) is 0 Å². The van der Waals surface area contributed by atoms with Gasteiger partial charge < -0.3 is 9.72 Å². The van der Waals surface area contributed by atoms with Gasteiger partial charge in [0.1, 0.15) is 12.3 Å². The smallest absolute Gasteiger partial charge is 0.158 e. The van der Waals surface area contributed by atoms with E-state index in [2.05, 4.69) is 54.2 Å². The number of Topliss-reactive ketones (excluding diaryl/α,β-unsaturated/α-hetero) is 1. The minimum absolute atomic E-state index is 0.00327. The molecule has 1 fully saturated rings. The van der Waals surface area contributed by atoms with Gasteiger partial charge in [0, 0.05) is 28.8 Å². The van der Waals surface area contributed by atoms with Crippen LogP contribution in [-0.2, 0) is 22.5 Å². The number of hydrogen-bond acceptors (Lipinski definition) is 3. The zero-order valence-electron chi connectivity index (χ0n) is 15.5. The van der Waals surface area contributed by atoms with Crippen LogP contribution in [0.15, 0.2) is 30.3 Å². The Bertz CT molecular complexity index is 1040. The highest BCUT2D eigenvalue weighted by atomic mass is 16.5. The minimum atomic E-state index is -0.276. The van der Waals surface area contributed by atoms with Crippen molar-refractivity contribution in [3.05, 3.63) is 47.0 Å². The third kappa shape index (κ3) is 2.12. The van der Waals surface area contributed by atoms with Crippen molar-refractivity contribution in [2.75, 3.05) is 7.05 Å². The van der Waals surface area contributed by atoms with Gasteiger partial charge in [-0.05, 0) is 55.6 Å². The summed E-state index contributed by atoms with van der Waals surface area (Å²) in [5.74, 6) is 0.405. The minimum Gasteiger partial charge on any atom is -0.354 e. The second-order valence-corrected chi connectivity index (χ2v) is 7.76. The summed E-state index contributed by atoms with van der Waals surface area (Å²) < 4.78 is 6.13. The van der Waals surface area contributed by atoms with Crippen molar-refractivity contribution in [3.63, 3.8) is 0 Å². The van der Waals surface area contributed by atoms with Crippen molar-refractivity contribution in [2.24, 2.45) is 0 Å². The van der Waals surface area contributed by atoms with Gasteiger partial charge in [0.2, 0.25) is 0 Å². The van der Waals surface area contributed by atoms with Crippen LogP contribution >= 0.6 is 0 Å². The van der Waals surface area contributed by atoms with Crippen molar-refractivity contribution in [2.45, 2.75) is 51.5 Å². The summed E-state index contributed by atoms with van der Waals surface area (Å²) in [6.07, 6.45) is 1.51. The second kappa shape index (κ2) is 5.66. The molecule has 5 rings (SSSR count). The monoisotopic (exact) mass is 348 g/mol.